The zero-order valence-corrected chi connectivity index (χ0v) is 16.9. The number of rotatable bonds is 7. The van der Waals surface area contributed by atoms with Gasteiger partial charge in [0, 0.05) is 23.5 Å². The van der Waals surface area contributed by atoms with Crippen molar-refractivity contribution in [2.24, 2.45) is 0 Å². The molecule has 0 aliphatic rings. The van der Waals surface area contributed by atoms with E-state index in [0.29, 0.717) is 17.1 Å². The van der Waals surface area contributed by atoms with E-state index in [1.165, 1.54) is 16.8 Å². The van der Waals surface area contributed by atoms with Crippen LogP contribution in [0.2, 0.25) is 0 Å². The third-order valence-electron chi connectivity index (χ3n) is 4.79. The molecule has 0 aliphatic carbocycles. The summed E-state index contributed by atoms with van der Waals surface area (Å²) < 4.78 is 15.1. The Kier molecular flexibility index (Phi) is 5.98. The lowest BCUT2D eigenvalue weighted by atomic mass is 10.0. The largest absolute Gasteiger partial charge is 0.356 e. The van der Waals surface area contributed by atoms with Crippen LogP contribution in [-0.2, 0) is 11.2 Å². The molecule has 4 rings (SSSR count). The summed E-state index contributed by atoms with van der Waals surface area (Å²) in [6.45, 7) is 1.72. The van der Waals surface area contributed by atoms with Crippen molar-refractivity contribution in [2.45, 2.75) is 19.4 Å². The Morgan fingerprint density at radius 1 is 0.968 bits per heavy atom. The smallest absolute Gasteiger partial charge is 0.249 e. The number of aromatic nitrogens is 4. The van der Waals surface area contributed by atoms with Crippen molar-refractivity contribution in [3.8, 4) is 0 Å². The van der Waals surface area contributed by atoms with E-state index in [2.05, 4.69) is 26.2 Å². The highest BCUT2D eigenvalue weighted by Crippen LogP contribution is 2.21. The summed E-state index contributed by atoms with van der Waals surface area (Å²) >= 11 is 0. The third kappa shape index (κ3) is 5.11. The van der Waals surface area contributed by atoms with Crippen molar-refractivity contribution < 1.29 is 9.18 Å². The van der Waals surface area contributed by atoms with E-state index >= 15 is 0 Å². The quantitative estimate of drug-likeness (QED) is 0.470. The molecule has 1 amide bonds. The summed E-state index contributed by atoms with van der Waals surface area (Å²) in [7, 11) is 0. The fourth-order valence-corrected chi connectivity index (χ4v) is 3.25. The van der Waals surface area contributed by atoms with Gasteiger partial charge in [-0.25, -0.2) is 9.07 Å². The maximum absolute atomic E-state index is 13.6. The van der Waals surface area contributed by atoms with E-state index in [1.54, 1.807) is 19.1 Å². The molecular weight excluding hydrogens is 395 g/mol. The summed E-state index contributed by atoms with van der Waals surface area (Å²) in [5, 5.41) is 17.7. The van der Waals surface area contributed by atoms with Gasteiger partial charge in [0.05, 0.1) is 0 Å². The van der Waals surface area contributed by atoms with Crippen LogP contribution < -0.4 is 10.6 Å². The van der Waals surface area contributed by atoms with Crippen LogP contribution in [0, 0.1) is 12.7 Å². The molecule has 2 N–H and O–H groups in total. The molecule has 31 heavy (non-hydrogen) atoms. The number of anilines is 3. The maximum Gasteiger partial charge on any atom is 0.249 e. The zero-order valence-electron chi connectivity index (χ0n) is 16.9. The number of nitrogens with one attached hydrogen (secondary N) is 2. The molecule has 7 nitrogen and oxygen atoms in total. The predicted molar refractivity (Wildman–Crippen MR) is 116 cm³/mol. The number of aryl methyl sites for hydroxylation is 1. The molecular formula is C23H21FN6O. The minimum Gasteiger partial charge on any atom is -0.356 e. The number of carbonyl (C=O) groups excluding carboxylic acids is 1. The normalized spacial score (nSPS) is 11.7. The Balaban J connectivity index is 1.50. The Morgan fingerprint density at radius 2 is 1.68 bits per heavy atom. The molecule has 3 aromatic carbocycles. The van der Waals surface area contributed by atoms with Crippen LogP contribution in [0.25, 0.3) is 0 Å². The first kappa shape index (κ1) is 20.2. The van der Waals surface area contributed by atoms with E-state index in [4.69, 9.17) is 0 Å². The van der Waals surface area contributed by atoms with Gasteiger partial charge in [0.15, 0.2) is 0 Å². The highest BCUT2D eigenvalue weighted by molar-refractivity contribution is 5.94. The first-order chi connectivity index (χ1) is 15.1. The van der Waals surface area contributed by atoms with E-state index < -0.39 is 6.04 Å². The molecule has 156 valence electrons. The topological polar surface area (TPSA) is 84.7 Å². The van der Waals surface area contributed by atoms with Crippen molar-refractivity contribution >= 4 is 23.0 Å². The average molecular weight is 416 g/mol. The number of carbonyl (C=O) groups is 1. The van der Waals surface area contributed by atoms with Crippen molar-refractivity contribution in [1.82, 2.24) is 20.2 Å². The first-order valence-corrected chi connectivity index (χ1v) is 9.80. The van der Waals surface area contributed by atoms with Gasteiger partial charge < -0.3 is 10.6 Å². The fraction of sp³-hybridized carbons (Fsp3) is 0.130. The van der Waals surface area contributed by atoms with Crippen molar-refractivity contribution in [3.05, 3.63) is 96.1 Å². The molecule has 0 spiro atoms. The number of tetrazole rings is 1. The number of para-hydroxylation sites is 1. The number of nitrogens with zero attached hydrogens (tertiary/aromatic N) is 4. The third-order valence-corrected chi connectivity index (χ3v) is 4.79. The van der Waals surface area contributed by atoms with Crippen molar-refractivity contribution in [1.29, 1.82) is 0 Å². The molecule has 0 aliphatic heterocycles. The van der Waals surface area contributed by atoms with Gasteiger partial charge in [0.25, 0.3) is 0 Å². The SMILES string of the molecule is Cc1nnnn1C(Cc1cccc(F)c1)C(=O)Nc1ccc(Nc2ccccc2)cc1. The zero-order chi connectivity index (χ0) is 21.6. The Bertz CT molecular complexity index is 1160. The van der Waals surface area contributed by atoms with Crippen LogP contribution in [0.15, 0.2) is 78.9 Å². The molecule has 0 saturated heterocycles. The lowest BCUT2D eigenvalue weighted by molar-refractivity contribution is -0.119. The molecule has 8 heteroatoms. The van der Waals surface area contributed by atoms with Crippen molar-refractivity contribution in [3.63, 3.8) is 0 Å². The molecule has 0 saturated carbocycles. The van der Waals surface area contributed by atoms with Crippen LogP contribution >= 0.6 is 0 Å². The standard InChI is InChI=1S/C23H21FN6O/c1-16-27-28-29-30(16)22(15-17-6-5-7-18(24)14-17)23(31)26-21-12-10-20(11-13-21)25-19-8-3-2-4-9-19/h2-14,22,25H,15H2,1H3,(H,26,31). The lowest BCUT2D eigenvalue weighted by Crippen LogP contribution is -2.29. The van der Waals surface area contributed by atoms with Gasteiger partial charge in [-0.1, -0.05) is 30.3 Å². The second kappa shape index (κ2) is 9.17. The molecule has 4 aromatic rings. The van der Waals surface area contributed by atoms with Gasteiger partial charge in [-0.05, 0) is 71.4 Å². The highest BCUT2D eigenvalue weighted by Gasteiger charge is 2.24. The number of hydrogen-bond acceptors (Lipinski definition) is 5. The summed E-state index contributed by atoms with van der Waals surface area (Å²) in [5.41, 5.74) is 3.19. The summed E-state index contributed by atoms with van der Waals surface area (Å²) in [6, 6.07) is 22.6. The fourth-order valence-electron chi connectivity index (χ4n) is 3.25. The molecule has 0 fully saturated rings. The van der Waals surface area contributed by atoms with Gasteiger partial charge in [0.2, 0.25) is 5.91 Å². The minimum absolute atomic E-state index is 0.253. The summed E-state index contributed by atoms with van der Waals surface area (Å²) in [6.07, 6.45) is 0.253. The minimum atomic E-state index is -0.723. The highest BCUT2D eigenvalue weighted by atomic mass is 19.1. The Morgan fingerprint density at radius 3 is 2.35 bits per heavy atom. The van der Waals surface area contributed by atoms with E-state index in [9.17, 15) is 9.18 Å². The second-order valence-corrected chi connectivity index (χ2v) is 7.08. The number of benzene rings is 3. The predicted octanol–water partition coefficient (Wildman–Crippen LogP) is 4.29. The lowest BCUT2D eigenvalue weighted by Gasteiger charge is -2.18. The van der Waals surface area contributed by atoms with E-state index in [-0.39, 0.29) is 18.1 Å². The van der Waals surface area contributed by atoms with E-state index in [0.717, 1.165) is 11.4 Å². The monoisotopic (exact) mass is 416 g/mol. The van der Waals surface area contributed by atoms with Gasteiger partial charge in [-0.2, -0.15) is 0 Å². The number of halogens is 1. The summed E-state index contributed by atoms with van der Waals surface area (Å²) in [5.74, 6) is -0.144. The van der Waals surface area contributed by atoms with Crippen LogP contribution in [0.1, 0.15) is 17.4 Å². The average Bonchev–Trinajstić information content (AvgIpc) is 3.19. The second-order valence-electron chi connectivity index (χ2n) is 7.08. The number of amides is 1. The van der Waals surface area contributed by atoms with Crippen LogP contribution in [0.5, 0.6) is 0 Å². The molecule has 1 atom stereocenters. The number of hydrogen-bond donors (Lipinski definition) is 2. The van der Waals surface area contributed by atoms with Gasteiger partial charge in [-0.15, -0.1) is 5.10 Å². The molecule has 0 radical (unpaired) electrons. The first-order valence-electron chi connectivity index (χ1n) is 9.80. The van der Waals surface area contributed by atoms with Crippen LogP contribution in [0.4, 0.5) is 21.5 Å². The maximum atomic E-state index is 13.6. The Hall–Kier alpha value is -4.07. The van der Waals surface area contributed by atoms with Gasteiger partial charge >= 0.3 is 0 Å². The molecule has 0 bridgehead atoms. The summed E-state index contributed by atoms with van der Waals surface area (Å²) in [4.78, 5) is 13.1. The van der Waals surface area contributed by atoms with Crippen molar-refractivity contribution in [2.75, 3.05) is 10.6 Å². The van der Waals surface area contributed by atoms with Crippen LogP contribution in [-0.4, -0.2) is 26.1 Å². The van der Waals surface area contributed by atoms with Crippen LogP contribution in [0.3, 0.4) is 0 Å². The van der Waals surface area contributed by atoms with Gasteiger partial charge in [-0.3, -0.25) is 4.79 Å². The Labute approximate surface area is 178 Å². The molecule has 1 heterocycles. The molecule has 1 unspecified atom stereocenters. The van der Waals surface area contributed by atoms with Gasteiger partial charge in [0.1, 0.15) is 17.7 Å². The molecule has 1 aromatic heterocycles. The van der Waals surface area contributed by atoms with E-state index in [1.807, 2.05) is 54.6 Å².